The Balaban J connectivity index is 2.13. The largest absolute Gasteiger partial charge is 0.495 e. The summed E-state index contributed by atoms with van der Waals surface area (Å²) in [6.07, 6.45) is 2.37. The molecule has 2 aromatic rings. The minimum absolute atomic E-state index is 0.145. The fraction of sp³-hybridized carbons (Fsp3) is 0.231. The quantitative estimate of drug-likeness (QED) is 0.637. The Hall–Kier alpha value is -2.81. The number of aromatic nitrogens is 2. The summed E-state index contributed by atoms with van der Waals surface area (Å²) < 4.78 is 11.5. The molecule has 9 nitrogen and oxygen atoms in total. The van der Waals surface area contributed by atoms with Crippen LogP contribution in [-0.4, -0.2) is 34.6 Å². The average Bonchev–Trinajstić information content (AvgIpc) is 2.96. The minimum Gasteiger partial charge on any atom is -0.495 e. The van der Waals surface area contributed by atoms with E-state index in [1.807, 2.05) is 0 Å². The van der Waals surface area contributed by atoms with E-state index in [1.54, 1.807) is 6.07 Å². The van der Waals surface area contributed by atoms with Crippen LogP contribution in [0.3, 0.4) is 0 Å². The predicted molar refractivity (Wildman–Crippen MR) is 82.1 cm³/mol. The third kappa shape index (κ3) is 3.89. The van der Waals surface area contributed by atoms with Gasteiger partial charge in [0, 0.05) is 6.07 Å². The van der Waals surface area contributed by atoms with Crippen LogP contribution >= 0.6 is 11.6 Å². The van der Waals surface area contributed by atoms with Gasteiger partial charge in [-0.25, -0.2) is 0 Å². The number of amides is 1. The van der Waals surface area contributed by atoms with Crippen LogP contribution in [0.4, 0.5) is 11.5 Å². The van der Waals surface area contributed by atoms with Crippen LogP contribution < -0.4 is 14.8 Å². The molecule has 2 rings (SSSR count). The number of nitro groups is 1. The molecule has 1 heterocycles. The van der Waals surface area contributed by atoms with E-state index < -0.39 is 10.8 Å². The summed E-state index contributed by atoms with van der Waals surface area (Å²) in [4.78, 5) is 25.5. The van der Waals surface area contributed by atoms with Gasteiger partial charge in [0.25, 0.3) is 0 Å². The summed E-state index contributed by atoms with van der Waals surface area (Å²) in [5.41, 5.74) is 0.359. The number of carbonyl (C=O) groups is 1. The van der Waals surface area contributed by atoms with E-state index in [0.717, 1.165) is 6.20 Å². The summed E-state index contributed by atoms with van der Waals surface area (Å²) in [7, 11) is 2.91. The van der Waals surface area contributed by atoms with Crippen molar-refractivity contribution in [2.45, 2.75) is 6.54 Å². The van der Waals surface area contributed by atoms with Crippen LogP contribution in [0.25, 0.3) is 0 Å². The van der Waals surface area contributed by atoms with Gasteiger partial charge in [-0.15, -0.1) is 0 Å². The number of rotatable bonds is 6. The molecule has 0 aliphatic heterocycles. The van der Waals surface area contributed by atoms with Crippen molar-refractivity contribution in [1.82, 2.24) is 9.55 Å². The van der Waals surface area contributed by atoms with E-state index in [2.05, 4.69) is 10.3 Å². The van der Waals surface area contributed by atoms with Crippen LogP contribution in [0.5, 0.6) is 11.5 Å². The molecule has 0 saturated carbocycles. The molecule has 0 aliphatic rings. The highest BCUT2D eigenvalue weighted by Crippen LogP contribution is 2.35. The molecular weight excluding hydrogens is 328 g/mol. The first-order valence-electron chi connectivity index (χ1n) is 6.32. The van der Waals surface area contributed by atoms with Crippen molar-refractivity contribution in [3.8, 4) is 11.5 Å². The summed E-state index contributed by atoms with van der Waals surface area (Å²) in [5.74, 6) is 0.0302. The van der Waals surface area contributed by atoms with E-state index in [1.165, 1.54) is 31.2 Å². The first-order valence-corrected chi connectivity index (χ1v) is 6.70. The Morgan fingerprint density at radius 1 is 1.39 bits per heavy atom. The molecule has 1 aromatic carbocycles. The number of ether oxygens (including phenoxy) is 2. The lowest BCUT2D eigenvalue weighted by Gasteiger charge is -2.13. The maximum absolute atomic E-state index is 12.0. The van der Waals surface area contributed by atoms with Crippen molar-refractivity contribution in [3.05, 3.63) is 39.8 Å². The molecule has 10 heteroatoms. The number of anilines is 1. The lowest BCUT2D eigenvalue weighted by atomic mass is 10.2. The molecule has 0 spiro atoms. The van der Waals surface area contributed by atoms with E-state index in [0.29, 0.717) is 22.2 Å². The summed E-state index contributed by atoms with van der Waals surface area (Å²) in [6.45, 7) is -0.145. The second-order valence-electron chi connectivity index (χ2n) is 4.40. The SMILES string of the molecule is COc1cc(OC)c(NC(=O)Cn2cnc([N+](=O)[O-])c2)cc1Cl. The number of nitrogens with zero attached hydrogens (tertiary/aromatic N) is 3. The number of carbonyl (C=O) groups excluding carboxylic acids is 1. The summed E-state index contributed by atoms with van der Waals surface area (Å²) in [6, 6.07) is 3.04. The van der Waals surface area contributed by atoms with Gasteiger partial charge in [-0.3, -0.25) is 4.79 Å². The molecular formula is C13H13ClN4O5. The third-order valence-electron chi connectivity index (χ3n) is 2.88. The number of halogens is 1. The van der Waals surface area contributed by atoms with Crippen LogP contribution in [0.15, 0.2) is 24.7 Å². The molecule has 0 aliphatic carbocycles. The van der Waals surface area contributed by atoms with Gasteiger partial charge in [-0.2, -0.15) is 0 Å². The number of hydrogen-bond donors (Lipinski definition) is 1. The van der Waals surface area contributed by atoms with Crippen molar-refractivity contribution in [2.75, 3.05) is 19.5 Å². The van der Waals surface area contributed by atoms with Crippen molar-refractivity contribution >= 4 is 29.0 Å². The smallest absolute Gasteiger partial charge is 0.381 e. The minimum atomic E-state index is -0.638. The zero-order chi connectivity index (χ0) is 17.0. The molecule has 0 saturated heterocycles. The highest BCUT2D eigenvalue weighted by molar-refractivity contribution is 6.32. The second-order valence-corrected chi connectivity index (χ2v) is 4.80. The van der Waals surface area contributed by atoms with Gasteiger partial charge in [0.05, 0.1) is 24.9 Å². The van der Waals surface area contributed by atoms with Crippen LogP contribution in [0.2, 0.25) is 5.02 Å². The van der Waals surface area contributed by atoms with Gasteiger partial charge in [-0.1, -0.05) is 11.6 Å². The van der Waals surface area contributed by atoms with Gasteiger partial charge >= 0.3 is 5.82 Å². The van der Waals surface area contributed by atoms with Gasteiger partial charge in [0.1, 0.15) is 24.2 Å². The molecule has 0 radical (unpaired) electrons. The monoisotopic (exact) mass is 340 g/mol. The number of hydrogen-bond acceptors (Lipinski definition) is 6. The van der Waals surface area contributed by atoms with E-state index in [-0.39, 0.29) is 12.4 Å². The molecule has 122 valence electrons. The highest BCUT2D eigenvalue weighted by atomic mass is 35.5. The fourth-order valence-electron chi connectivity index (χ4n) is 1.84. The number of nitrogens with one attached hydrogen (secondary N) is 1. The Labute approximate surface area is 135 Å². The van der Waals surface area contributed by atoms with Crippen molar-refractivity contribution in [3.63, 3.8) is 0 Å². The average molecular weight is 341 g/mol. The number of benzene rings is 1. The maximum Gasteiger partial charge on any atom is 0.381 e. The zero-order valence-electron chi connectivity index (χ0n) is 12.3. The normalized spacial score (nSPS) is 10.2. The van der Waals surface area contributed by atoms with Crippen molar-refractivity contribution < 1.29 is 19.2 Å². The summed E-state index contributed by atoms with van der Waals surface area (Å²) in [5, 5.41) is 13.5. The Bertz CT molecular complexity index is 746. The molecule has 1 N–H and O–H groups in total. The second kappa shape index (κ2) is 6.97. The predicted octanol–water partition coefficient (Wildman–Crippen LogP) is 2.10. The Morgan fingerprint density at radius 3 is 2.65 bits per heavy atom. The molecule has 0 fully saturated rings. The highest BCUT2D eigenvalue weighted by Gasteiger charge is 2.15. The lowest BCUT2D eigenvalue weighted by molar-refractivity contribution is -0.389. The molecule has 1 amide bonds. The van der Waals surface area contributed by atoms with Gasteiger partial charge in [0.2, 0.25) is 12.2 Å². The molecule has 23 heavy (non-hydrogen) atoms. The first-order chi connectivity index (χ1) is 10.9. The van der Waals surface area contributed by atoms with Crippen LogP contribution in [-0.2, 0) is 11.3 Å². The summed E-state index contributed by atoms with van der Waals surface area (Å²) >= 11 is 6.02. The van der Waals surface area contributed by atoms with Crippen molar-refractivity contribution in [1.29, 1.82) is 0 Å². The van der Waals surface area contributed by atoms with Crippen LogP contribution in [0.1, 0.15) is 0 Å². The van der Waals surface area contributed by atoms with Gasteiger partial charge < -0.3 is 29.5 Å². The third-order valence-corrected chi connectivity index (χ3v) is 3.18. The van der Waals surface area contributed by atoms with Crippen LogP contribution in [0, 0.1) is 10.1 Å². The van der Waals surface area contributed by atoms with E-state index in [4.69, 9.17) is 21.1 Å². The topological polar surface area (TPSA) is 109 Å². The van der Waals surface area contributed by atoms with Crippen molar-refractivity contribution in [2.24, 2.45) is 0 Å². The number of imidazole rings is 1. The van der Waals surface area contributed by atoms with Gasteiger partial charge in [-0.05, 0) is 16.0 Å². The molecule has 0 unspecified atom stereocenters. The Morgan fingerprint density at radius 2 is 2.09 bits per heavy atom. The fourth-order valence-corrected chi connectivity index (χ4v) is 2.08. The lowest BCUT2D eigenvalue weighted by Crippen LogP contribution is -2.18. The molecule has 0 atom stereocenters. The number of methoxy groups -OCH3 is 2. The van der Waals surface area contributed by atoms with E-state index in [9.17, 15) is 14.9 Å². The molecule has 0 bridgehead atoms. The zero-order valence-corrected chi connectivity index (χ0v) is 13.0. The molecule has 1 aromatic heterocycles. The Kier molecular flexibility index (Phi) is 5.02. The standard InChI is InChI=1S/C13H13ClN4O5/c1-22-10-4-11(23-2)9(3-8(10)14)16-13(19)6-17-5-12(15-7-17)18(20)21/h3-5,7H,6H2,1-2H3,(H,16,19). The van der Waals surface area contributed by atoms with E-state index >= 15 is 0 Å². The first kappa shape index (κ1) is 16.6. The maximum atomic E-state index is 12.0. The van der Waals surface area contributed by atoms with Gasteiger partial charge in [0.15, 0.2) is 0 Å².